The standard InChI is InChI=1S/C16H25F3N2O2/c1-2-23-13-9-12(15(13)6-4-7-15)20-11-5-3-8-21(14(11)22)10-16(17,18)19/h11-13,20H,2-10H2,1H3/t11-,12-,13+/m0/s1. The maximum Gasteiger partial charge on any atom is 0.406 e. The van der Waals surface area contributed by atoms with E-state index in [0.29, 0.717) is 19.4 Å². The Labute approximate surface area is 134 Å². The molecule has 3 fully saturated rings. The van der Waals surface area contributed by atoms with Gasteiger partial charge in [0.05, 0.1) is 12.1 Å². The van der Waals surface area contributed by atoms with Gasteiger partial charge in [-0.05, 0) is 39.0 Å². The molecular formula is C16H25F3N2O2. The average molecular weight is 334 g/mol. The van der Waals surface area contributed by atoms with Crippen LogP contribution in [-0.2, 0) is 9.53 Å². The summed E-state index contributed by atoms with van der Waals surface area (Å²) in [6.07, 6.45) is 1.35. The third-order valence-electron chi connectivity index (χ3n) is 5.74. The van der Waals surface area contributed by atoms with Crippen LogP contribution in [0.15, 0.2) is 0 Å². The molecule has 1 spiro atoms. The summed E-state index contributed by atoms with van der Waals surface area (Å²) in [6, 6.07) is -0.274. The molecule has 0 unspecified atom stereocenters. The summed E-state index contributed by atoms with van der Waals surface area (Å²) in [5.74, 6) is -0.400. The zero-order valence-electron chi connectivity index (χ0n) is 13.5. The van der Waals surface area contributed by atoms with Crippen LogP contribution in [0, 0.1) is 5.41 Å². The highest BCUT2D eigenvalue weighted by Gasteiger charge is 2.59. The molecule has 1 N–H and O–H groups in total. The van der Waals surface area contributed by atoms with E-state index in [0.717, 1.165) is 24.2 Å². The molecule has 2 saturated carbocycles. The van der Waals surface area contributed by atoms with E-state index in [4.69, 9.17) is 4.74 Å². The molecule has 0 aromatic heterocycles. The summed E-state index contributed by atoms with van der Waals surface area (Å²) in [7, 11) is 0. The normalized spacial score (nSPS) is 33.5. The summed E-state index contributed by atoms with van der Waals surface area (Å²) >= 11 is 0. The van der Waals surface area contributed by atoms with Gasteiger partial charge in [0, 0.05) is 24.6 Å². The predicted octanol–water partition coefficient (Wildman–Crippen LogP) is 2.48. The number of likely N-dealkylation sites (tertiary alicyclic amines) is 1. The lowest BCUT2D eigenvalue weighted by atomic mass is 9.51. The van der Waals surface area contributed by atoms with Gasteiger partial charge >= 0.3 is 6.18 Å². The molecule has 2 aliphatic carbocycles. The highest BCUT2D eigenvalue weighted by molar-refractivity contribution is 5.82. The lowest BCUT2D eigenvalue weighted by Gasteiger charge is -2.62. The van der Waals surface area contributed by atoms with Gasteiger partial charge in [-0.25, -0.2) is 0 Å². The number of nitrogens with one attached hydrogen (secondary N) is 1. The van der Waals surface area contributed by atoms with Crippen molar-refractivity contribution in [3.05, 3.63) is 0 Å². The minimum absolute atomic E-state index is 0.114. The van der Waals surface area contributed by atoms with Gasteiger partial charge in [-0.3, -0.25) is 4.79 Å². The third kappa shape index (κ3) is 3.22. The van der Waals surface area contributed by atoms with Crippen molar-refractivity contribution >= 4 is 5.91 Å². The lowest BCUT2D eigenvalue weighted by Crippen LogP contribution is -2.70. The number of rotatable bonds is 5. The first-order chi connectivity index (χ1) is 10.9. The largest absolute Gasteiger partial charge is 0.406 e. The first-order valence-electron chi connectivity index (χ1n) is 8.59. The van der Waals surface area contributed by atoms with Crippen molar-refractivity contribution in [2.75, 3.05) is 19.7 Å². The monoisotopic (exact) mass is 334 g/mol. The molecule has 0 radical (unpaired) electrons. The van der Waals surface area contributed by atoms with Crippen molar-refractivity contribution in [2.24, 2.45) is 5.41 Å². The second kappa shape index (κ2) is 6.24. The molecule has 3 atom stereocenters. The number of nitrogens with zero attached hydrogens (tertiary/aromatic N) is 1. The van der Waals surface area contributed by atoms with Crippen LogP contribution in [0.4, 0.5) is 13.2 Å². The Kier molecular flexibility index (Phi) is 4.62. The Balaban J connectivity index is 1.59. The van der Waals surface area contributed by atoms with Gasteiger partial charge in [0.15, 0.2) is 0 Å². The van der Waals surface area contributed by atoms with Crippen LogP contribution in [0.3, 0.4) is 0 Å². The number of carbonyl (C=O) groups excluding carboxylic acids is 1. The lowest BCUT2D eigenvalue weighted by molar-refractivity contribution is -0.180. The van der Waals surface area contributed by atoms with Crippen molar-refractivity contribution in [1.29, 1.82) is 0 Å². The van der Waals surface area contributed by atoms with E-state index in [-0.39, 0.29) is 24.1 Å². The summed E-state index contributed by atoms with van der Waals surface area (Å²) in [6.45, 7) is 1.73. The Morgan fingerprint density at radius 1 is 1.35 bits per heavy atom. The van der Waals surface area contributed by atoms with Crippen molar-refractivity contribution in [2.45, 2.75) is 69.8 Å². The molecule has 1 amide bonds. The van der Waals surface area contributed by atoms with Crippen molar-refractivity contribution < 1.29 is 22.7 Å². The van der Waals surface area contributed by atoms with Crippen molar-refractivity contribution in [3.8, 4) is 0 Å². The van der Waals surface area contributed by atoms with Crippen molar-refractivity contribution in [1.82, 2.24) is 10.2 Å². The molecule has 23 heavy (non-hydrogen) atoms. The predicted molar refractivity (Wildman–Crippen MR) is 78.9 cm³/mol. The fourth-order valence-electron chi connectivity index (χ4n) is 4.38. The molecule has 3 aliphatic rings. The van der Waals surface area contributed by atoms with Gasteiger partial charge in [0.1, 0.15) is 6.54 Å². The maximum absolute atomic E-state index is 12.6. The fraction of sp³-hybridized carbons (Fsp3) is 0.938. The Hall–Kier alpha value is -0.820. The molecule has 0 aromatic carbocycles. The fourth-order valence-corrected chi connectivity index (χ4v) is 4.38. The minimum Gasteiger partial charge on any atom is -0.378 e. The molecule has 0 bridgehead atoms. The van der Waals surface area contributed by atoms with Crippen LogP contribution in [0.2, 0.25) is 0 Å². The van der Waals surface area contributed by atoms with Crippen LogP contribution < -0.4 is 5.32 Å². The molecule has 1 aliphatic heterocycles. The summed E-state index contributed by atoms with van der Waals surface area (Å²) in [5, 5.41) is 3.36. The zero-order chi connectivity index (χ0) is 16.7. The molecule has 1 heterocycles. The second-order valence-electron chi connectivity index (χ2n) is 7.06. The molecule has 132 valence electrons. The molecular weight excluding hydrogens is 309 g/mol. The second-order valence-corrected chi connectivity index (χ2v) is 7.06. The molecule has 1 saturated heterocycles. The summed E-state index contributed by atoms with van der Waals surface area (Å²) in [4.78, 5) is 13.3. The molecule has 0 aromatic rings. The smallest absolute Gasteiger partial charge is 0.378 e. The van der Waals surface area contributed by atoms with E-state index < -0.39 is 24.7 Å². The Morgan fingerprint density at radius 2 is 2.09 bits per heavy atom. The summed E-state index contributed by atoms with van der Waals surface area (Å²) < 4.78 is 43.5. The number of ether oxygens (including phenoxy) is 1. The van der Waals surface area contributed by atoms with E-state index in [2.05, 4.69) is 5.32 Å². The zero-order valence-corrected chi connectivity index (χ0v) is 13.5. The quantitative estimate of drug-likeness (QED) is 0.840. The van der Waals surface area contributed by atoms with Gasteiger partial charge < -0.3 is 15.0 Å². The number of alkyl halides is 3. The first-order valence-corrected chi connectivity index (χ1v) is 8.59. The highest BCUT2D eigenvalue weighted by atomic mass is 19.4. The van der Waals surface area contributed by atoms with Crippen LogP contribution in [-0.4, -0.2) is 54.9 Å². The van der Waals surface area contributed by atoms with Gasteiger partial charge in [-0.2, -0.15) is 13.2 Å². The summed E-state index contributed by atoms with van der Waals surface area (Å²) in [5.41, 5.74) is 0.114. The number of hydrogen-bond acceptors (Lipinski definition) is 3. The van der Waals surface area contributed by atoms with Crippen LogP contribution in [0.25, 0.3) is 0 Å². The van der Waals surface area contributed by atoms with Crippen LogP contribution >= 0.6 is 0 Å². The topological polar surface area (TPSA) is 41.6 Å². The van der Waals surface area contributed by atoms with Crippen LogP contribution in [0.1, 0.15) is 45.4 Å². The number of hydrogen-bond donors (Lipinski definition) is 1. The van der Waals surface area contributed by atoms with E-state index >= 15 is 0 Å². The number of carbonyl (C=O) groups is 1. The average Bonchev–Trinajstić information content (AvgIpc) is 2.38. The van der Waals surface area contributed by atoms with Crippen LogP contribution in [0.5, 0.6) is 0 Å². The number of amides is 1. The van der Waals surface area contributed by atoms with E-state index in [1.54, 1.807) is 0 Å². The maximum atomic E-state index is 12.6. The Morgan fingerprint density at radius 3 is 2.65 bits per heavy atom. The van der Waals surface area contributed by atoms with E-state index in [1.807, 2.05) is 6.92 Å². The first kappa shape index (κ1) is 17.0. The van der Waals surface area contributed by atoms with E-state index in [1.165, 1.54) is 6.42 Å². The van der Waals surface area contributed by atoms with Gasteiger partial charge in [0.2, 0.25) is 5.91 Å². The van der Waals surface area contributed by atoms with Gasteiger partial charge in [-0.15, -0.1) is 0 Å². The highest BCUT2D eigenvalue weighted by Crippen LogP contribution is 2.57. The van der Waals surface area contributed by atoms with Crippen molar-refractivity contribution in [3.63, 3.8) is 0 Å². The SMILES string of the molecule is CCO[C@@H]1C[C@H](N[C@H]2CCCN(CC(F)(F)F)C2=O)C12CCC2. The molecule has 4 nitrogen and oxygen atoms in total. The molecule has 3 rings (SSSR count). The number of halogens is 3. The third-order valence-corrected chi connectivity index (χ3v) is 5.74. The number of piperidine rings is 1. The van der Waals surface area contributed by atoms with Gasteiger partial charge in [0.25, 0.3) is 0 Å². The Bertz CT molecular complexity index is 451. The van der Waals surface area contributed by atoms with Gasteiger partial charge in [-0.1, -0.05) is 6.42 Å². The van der Waals surface area contributed by atoms with E-state index in [9.17, 15) is 18.0 Å². The molecule has 7 heteroatoms. The minimum atomic E-state index is -4.33.